The number of piperidine rings is 1. The maximum absolute atomic E-state index is 13.0. The zero-order valence-corrected chi connectivity index (χ0v) is 18.3. The third kappa shape index (κ3) is 5.69. The topological polar surface area (TPSA) is 71.8 Å². The van der Waals surface area contributed by atoms with Gasteiger partial charge in [0, 0.05) is 43.8 Å². The number of nitrogens with zero attached hydrogens (tertiary/aromatic N) is 1. The lowest BCUT2D eigenvalue weighted by Crippen LogP contribution is -2.46. The number of carbonyl (C=O) groups excluding carboxylic acids is 2. The number of benzene rings is 1. The standard InChI is InChI=1S/C25H32N2O4/c1-19-6-8-21(9-7-19)31-18-20-4-2-14-27(17-20)24(29)11-13-25(12-10-23(28)26-25)16-22-5-3-15-30-22/h3,5-9,15,20H,2,4,10-14,16-18H2,1H3,(H,26,28)/t20-,25-/m1/s1. The van der Waals surface area contributed by atoms with E-state index in [0.717, 1.165) is 43.9 Å². The second kappa shape index (κ2) is 9.58. The molecule has 2 saturated heterocycles. The molecule has 0 unspecified atom stereocenters. The van der Waals surface area contributed by atoms with Gasteiger partial charge in [0.1, 0.15) is 11.5 Å². The van der Waals surface area contributed by atoms with E-state index >= 15 is 0 Å². The molecule has 0 bridgehead atoms. The molecule has 2 aliphatic rings. The molecule has 6 heteroatoms. The van der Waals surface area contributed by atoms with Crippen molar-refractivity contribution in [2.75, 3.05) is 19.7 Å². The molecular formula is C25H32N2O4. The molecule has 1 N–H and O–H groups in total. The van der Waals surface area contributed by atoms with Crippen LogP contribution in [0.25, 0.3) is 0 Å². The Labute approximate surface area is 183 Å². The average Bonchev–Trinajstić information content (AvgIpc) is 3.42. The number of likely N-dealkylation sites (tertiary alicyclic amines) is 1. The van der Waals surface area contributed by atoms with Crippen LogP contribution >= 0.6 is 0 Å². The normalized spacial score (nSPS) is 23.6. The first-order valence-electron chi connectivity index (χ1n) is 11.3. The number of furan rings is 1. The Morgan fingerprint density at radius 1 is 1.29 bits per heavy atom. The minimum absolute atomic E-state index is 0.0605. The summed E-state index contributed by atoms with van der Waals surface area (Å²) >= 11 is 0. The molecule has 6 nitrogen and oxygen atoms in total. The summed E-state index contributed by atoms with van der Waals surface area (Å²) in [6.07, 6.45) is 6.69. The molecule has 2 aromatic rings. The molecular weight excluding hydrogens is 392 g/mol. The molecule has 2 aliphatic heterocycles. The van der Waals surface area contributed by atoms with Gasteiger partial charge >= 0.3 is 0 Å². The highest BCUT2D eigenvalue weighted by atomic mass is 16.5. The molecule has 2 fully saturated rings. The van der Waals surface area contributed by atoms with Crippen molar-refractivity contribution in [3.8, 4) is 5.75 Å². The van der Waals surface area contributed by atoms with E-state index in [1.165, 1.54) is 5.56 Å². The molecule has 0 spiro atoms. The van der Waals surface area contributed by atoms with E-state index in [1.54, 1.807) is 6.26 Å². The maximum Gasteiger partial charge on any atom is 0.222 e. The Morgan fingerprint density at radius 3 is 2.84 bits per heavy atom. The number of carbonyl (C=O) groups is 2. The molecule has 0 aliphatic carbocycles. The molecule has 2 amide bonds. The van der Waals surface area contributed by atoms with Crippen LogP contribution in [-0.4, -0.2) is 41.9 Å². The van der Waals surface area contributed by atoms with Gasteiger partial charge in [0.2, 0.25) is 11.8 Å². The van der Waals surface area contributed by atoms with Gasteiger partial charge in [0.25, 0.3) is 0 Å². The molecule has 166 valence electrons. The van der Waals surface area contributed by atoms with Crippen molar-refractivity contribution in [2.45, 2.75) is 57.4 Å². The van der Waals surface area contributed by atoms with Crippen molar-refractivity contribution in [1.82, 2.24) is 10.2 Å². The van der Waals surface area contributed by atoms with Crippen LogP contribution in [0.15, 0.2) is 47.1 Å². The van der Waals surface area contributed by atoms with E-state index in [1.807, 2.05) is 41.3 Å². The third-order valence-electron chi connectivity index (χ3n) is 6.52. The molecule has 0 saturated carbocycles. The fourth-order valence-corrected chi connectivity index (χ4v) is 4.71. The summed E-state index contributed by atoms with van der Waals surface area (Å²) in [4.78, 5) is 26.9. The number of ether oxygens (including phenoxy) is 1. The van der Waals surface area contributed by atoms with Crippen molar-refractivity contribution in [3.05, 3.63) is 54.0 Å². The summed E-state index contributed by atoms with van der Waals surface area (Å²) in [5.74, 6) is 2.30. The molecule has 1 aromatic carbocycles. The van der Waals surface area contributed by atoms with Crippen molar-refractivity contribution in [3.63, 3.8) is 0 Å². The van der Waals surface area contributed by atoms with Crippen molar-refractivity contribution in [1.29, 1.82) is 0 Å². The van der Waals surface area contributed by atoms with Gasteiger partial charge in [-0.25, -0.2) is 0 Å². The summed E-state index contributed by atoms with van der Waals surface area (Å²) in [5, 5.41) is 3.13. The number of hydrogen-bond donors (Lipinski definition) is 1. The van der Waals surface area contributed by atoms with Crippen molar-refractivity contribution in [2.24, 2.45) is 5.92 Å². The first kappa shape index (κ1) is 21.5. The summed E-state index contributed by atoms with van der Waals surface area (Å²) in [7, 11) is 0. The van der Waals surface area contributed by atoms with Crippen molar-refractivity contribution >= 4 is 11.8 Å². The van der Waals surface area contributed by atoms with E-state index < -0.39 is 0 Å². The van der Waals surface area contributed by atoms with Gasteiger partial charge in [-0.2, -0.15) is 0 Å². The van der Waals surface area contributed by atoms with Gasteiger partial charge in [-0.05, 0) is 56.9 Å². The highest BCUT2D eigenvalue weighted by molar-refractivity contribution is 5.80. The van der Waals surface area contributed by atoms with Gasteiger partial charge in [0.15, 0.2) is 0 Å². The van der Waals surface area contributed by atoms with E-state index in [2.05, 4.69) is 12.2 Å². The zero-order valence-electron chi connectivity index (χ0n) is 18.3. The summed E-state index contributed by atoms with van der Waals surface area (Å²) < 4.78 is 11.5. The van der Waals surface area contributed by atoms with Crippen LogP contribution in [0.4, 0.5) is 0 Å². The first-order chi connectivity index (χ1) is 15.0. The second-order valence-corrected chi connectivity index (χ2v) is 9.06. The third-order valence-corrected chi connectivity index (χ3v) is 6.52. The van der Waals surface area contributed by atoms with Gasteiger partial charge in [-0.3, -0.25) is 9.59 Å². The molecule has 2 atom stereocenters. The average molecular weight is 425 g/mol. The molecule has 0 radical (unpaired) electrons. The summed E-state index contributed by atoms with van der Waals surface area (Å²) in [6.45, 7) is 4.23. The van der Waals surface area contributed by atoms with E-state index in [9.17, 15) is 9.59 Å². The SMILES string of the molecule is Cc1ccc(OC[C@@H]2CCCN(C(=O)CC[C@@]3(Cc4ccco4)CCC(=O)N3)C2)cc1. The lowest BCUT2D eigenvalue weighted by Gasteiger charge is -2.34. The lowest BCUT2D eigenvalue weighted by atomic mass is 9.86. The van der Waals surface area contributed by atoms with Gasteiger partial charge in [0.05, 0.1) is 12.9 Å². The predicted octanol–water partition coefficient (Wildman–Crippen LogP) is 3.88. The Morgan fingerprint density at radius 2 is 2.13 bits per heavy atom. The first-order valence-corrected chi connectivity index (χ1v) is 11.3. The highest BCUT2D eigenvalue weighted by Gasteiger charge is 2.39. The van der Waals surface area contributed by atoms with Gasteiger partial charge in [-0.15, -0.1) is 0 Å². The molecule has 4 rings (SSSR count). The highest BCUT2D eigenvalue weighted by Crippen LogP contribution is 2.30. The molecule has 31 heavy (non-hydrogen) atoms. The Kier molecular flexibility index (Phi) is 6.64. The van der Waals surface area contributed by atoms with Crippen LogP contribution in [0.5, 0.6) is 5.75 Å². The Balaban J connectivity index is 1.29. The quantitative estimate of drug-likeness (QED) is 0.698. The fourth-order valence-electron chi connectivity index (χ4n) is 4.71. The Bertz CT molecular complexity index is 877. The fraction of sp³-hybridized carbons (Fsp3) is 0.520. The minimum Gasteiger partial charge on any atom is -0.493 e. The number of rotatable bonds is 8. The van der Waals surface area contributed by atoms with Gasteiger partial charge in [-0.1, -0.05) is 17.7 Å². The maximum atomic E-state index is 13.0. The van der Waals surface area contributed by atoms with Gasteiger partial charge < -0.3 is 19.4 Å². The zero-order chi connectivity index (χ0) is 21.7. The number of aryl methyl sites for hydroxylation is 1. The van der Waals surface area contributed by atoms with Crippen LogP contribution in [-0.2, 0) is 16.0 Å². The molecule has 3 heterocycles. The minimum atomic E-state index is -0.381. The van der Waals surface area contributed by atoms with E-state index in [0.29, 0.717) is 38.2 Å². The van der Waals surface area contributed by atoms with Crippen LogP contribution in [0.3, 0.4) is 0 Å². The van der Waals surface area contributed by atoms with Crippen LogP contribution in [0.2, 0.25) is 0 Å². The summed E-state index contributed by atoms with van der Waals surface area (Å²) in [6, 6.07) is 11.9. The number of amides is 2. The Hall–Kier alpha value is -2.76. The van der Waals surface area contributed by atoms with E-state index in [-0.39, 0.29) is 17.4 Å². The number of nitrogens with one attached hydrogen (secondary N) is 1. The smallest absolute Gasteiger partial charge is 0.222 e. The molecule has 1 aromatic heterocycles. The van der Waals surface area contributed by atoms with E-state index in [4.69, 9.17) is 9.15 Å². The summed E-state index contributed by atoms with van der Waals surface area (Å²) in [5.41, 5.74) is 0.832. The second-order valence-electron chi connectivity index (χ2n) is 9.06. The number of hydrogen-bond acceptors (Lipinski definition) is 4. The van der Waals surface area contributed by atoms with Crippen LogP contribution in [0.1, 0.15) is 49.8 Å². The lowest BCUT2D eigenvalue weighted by molar-refractivity contribution is -0.134. The van der Waals surface area contributed by atoms with Crippen molar-refractivity contribution < 1.29 is 18.7 Å². The largest absolute Gasteiger partial charge is 0.493 e. The van der Waals surface area contributed by atoms with Crippen LogP contribution < -0.4 is 10.1 Å². The monoisotopic (exact) mass is 424 g/mol. The predicted molar refractivity (Wildman–Crippen MR) is 118 cm³/mol. The van der Waals surface area contributed by atoms with Crippen LogP contribution in [0, 0.1) is 12.8 Å².